The van der Waals surface area contributed by atoms with E-state index in [4.69, 9.17) is 9.47 Å². The lowest BCUT2D eigenvalue weighted by Crippen LogP contribution is -2.33. The third kappa shape index (κ3) is 4.39. The molecule has 1 aliphatic rings. The SMILES string of the molecule is COc1ccc(C(=O)Nc2ccc(OC)c3ncccc23)cc1S(=O)(=O)NC1CCCC1. The smallest absolute Gasteiger partial charge is 0.255 e. The zero-order chi connectivity index (χ0) is 22.7. The summed E-state index contributed by atoms with van der Waals surface area (Å²) in [4.78, 5) is 17.3. The lowest BCUT2D eigenvalue weighted by molar-refractivity contribution is 0.102. The van der Waals surface area contributed by atoms with Crippen molar-refractivity contribution in [2.75, 3.05) is 19.5 Å². The number of rotatable bonds is 7. The average Bonchev–Trinajstić information content (AvgIpc) is 3.31. The van der Waals surface area contributed by atoms with Crippen LogP contribution in [0.3, 0.4) is 0 Å². The third-order valence-corrected chi connectivity index (χ3v) is 7.13. The molecule has 168 valence electrons. The number of pyridine rings is 1. The molecular formula is C23H25N3O5S. The maximum Gasteiger partial charge on any atom is 0.255 e. The van der Waals surface area contributed by atoms with Crippen molar-refractivity contribution < 1.29 is 22.7 Å². The molecule has 4 rings (SSSR count). The van der Waals surface area contributed by atoms with Crippen molar-refractivity contribution in [3.63, 3.8) is 0 Å². The number of hydrogen-bond donors (Lipinski definition) is 2. The molecule has 3 aromatic rings. The van der Waals surface area contributed by atoms with Gasteiger partial charge in [-0.15, -0.1) is 0 Å². The zero-order valence-electron chi connectivity index (χ0n) is 17.9. The maximum absolute atomic E-state index is 13.0. The number of hydrogen-bond acceptors (Lipinski definition) is 6. The zero-order valence-corrected chi connectivity index (χ0v) is 18.7. The van der Waals surface area contributed by atoms with Crippen molar-refractivity contribution in [2.24, 2.45) is 0 Å². The summed E-state index contributed by atoms with van der Waals surface area (Å²) in [5.74, 6) is 0.334. The van der Waals surface area contributed by atoms with Gasteiger partial charge < -0.3 is 14.8 Å². The molecule has 0 atom stereocenters. The van der Waals surface area contributed by atoms with Gasteiger partial charge in [-0.3, -0.25) is 9.78 Å². The number of aromatic nitrogens is 1. The molecule has 1 amide bonds. The van der Waals surface area contributed by atoms with Crippen LogP contribution in [0.5, 0.6) is 11.5 Å². The molecule has 1 saturated carbocycles. The van der Waals surface area contributed by atoms with Crippen LogP contribution < -0.4 is 19.5 Å². The van der Waals surface area contributed by atoms with E-state index in [1.165, 1.54) is 25.3 Å². The van der Waals surface area contributed by atoms with Gasteiger partial charge in [0, 0.05) is 23.2 Å². The van der Waals surface area contributed by atoms with Crippen molar-refractivity contribution in [2.45, 2.75) is 36.6 Å². The number of anilines is 1. The van der Waals surface area contributed by atoms with Crippen LogP contribution in [-0.4, -0.2) is 39.6 Å². The van der Waals surface area contributed by atoms with Crippen LogP contribution in [0.2, 0.25) is 0 Å². The molecule has 1 aliphatic carbocycles. The van der Waals surface area contributed by atoms with Gasteiger partial charge in [0.1, 0.15) is 21.9 Å². The molecule has 0 bridgehead atoms. The highest BCUT2D eigenvalue weighted by molar-refractivity contribution is 7.89. The first kappa shape index (κ1) is 22.0. The highest BCUT2D eigenvalue weighted by atomic mass is 32.2. The van der Waals surface area contributed by atoms with Crippen LogP contribution in [0.15, 0.2) is 53.6 Å². The molecule has 0 unspecified atom stereocenters. The second kappa shape index (κ2) is 9.13. The van der Waals surface area contributed by atoms with E-state index in [1.54, 1.807) is 31.5 Å². The quantitative estimate of drug-likeness (QED) is 0.562. The average molecular weight is 456 g/mol. The Labute approximate surface area is 187 Å². The summed E-state index contributed by atoms with van der Waals surface area (Å²) >= 11 is 0. The summed E-state index contributed by atoms with van der Waals surface area (Å²) in [5.41, 5.74) is 1.36. The van der Waals surface area contributed by atoms with E-state index in [9.17, 15) is 13.2 Å². The second-order valence-electron chi connectivity index (χ2n) is 7.64. The van der Waals surface area contributed by atoms with Gasteiger partial charge in [-0.1, -0.05) is 12.8 Å². The van der Waals surface area contributed by atoms with Crippen LogP contribution >= 0.6 is 0 Å². The van der Waals surface area contributed by atoms with Crippen LogP contribution in [0.25, 0.3) is 10.9 Å². The molecule has 0 spiro atoms. The lowest BCUT2D eigenvalue weighted by Gasteiger charge is -2.16. The number of fused-ring (bicyclic) bond motifs is 1. The van der Waals surface area contributed by atoms with Crippen LogP contribution in [0.4, 0.5) is 5.69 Å². The van der Waals surface area contributed by atoms with E-state index in [1.807, 2.05) is 6.07 Å². The fourth-order valence-corrected chi connectivity index (χ4v) is 5.47. The van der Waals surface area contributed by atoms with Crippen molar-refractivity contribution in [1.29, 1.82) is 0 Å². The lowest BCUT2D eigenvalue weighted by atomic mass is 10.1. The largest absolute Gasteiger partial charge is 0.495 e. The summed E-state index contributed by atoms with van der Waals surface area (Å²) in [5, 5.41) is 3.56. The van der Waals surface area contributed by atoms with Crippen LogP contribution in [0, 0.1) is 0 Å². The molecule has 9 heteroatoms. The summed E-state index contributed by atoms with van der Waals surface area (Å²) in [6.07, 6.45) is 5.25. The van der Waals surface area contributed by atoms with Crippen LogP contribution in [-0.2, 0) is 10.0 Å². The summed E-state index contributed by atoms with van der Waals surface area (Å²) < 4.78 is 39.3. The van der Waals surface area contributed by atoms with Gasteiger partial charge in [0.05, 0.1) is 19.9 Å². The fraction of sp³-hybridized carbons (Fsp3) is 0.304. The van der Waals surface area contributed by atoms with Crippen molar-refractivity contribution >= 4 is 32.5 Å². The minimum absolute atomic E-state index is 0.0548. The summed E-state index contributed by atoms with van der Waals surface area (Å²) in [6, 6.07) is 11.3. The predicted molar refractivity (Wildman–Crippen MR) is 122 cm³/mol. The van der Waals surface area contributed by atoms with Crippen LogP contribution in [0.1, 0.15) is 36.0 Å². The number of carbonyl (C=O) groups excluding carboxylic acids is 1. The van der Waals surface area contributed by atoms with Crippen molar-refractivity contribution in [3.05, 3.63) is 54.2 Å². The Morgan fingerprint density at radius 3 is 2.47 bits per heavy atom. The normalized spacial score (nSPS) is 14.4. The van der Waals surface area contributed by atoms with Gasteiger partial charge in [0.15, 0.2) is 0 Å². The van der Waals surface area contributed by atoms with E-state index >= 15 is 0 Å². The highest BCUT2D eigenvalue weighted by Crippen LogP contribution is 2.31. The number of amides is 1. The van der Waals surface area contributed by atoms with Gasteiger partial charge in [0.2, 0.25) is 10.0 Å². The maximum atomic E-state index is 13.0. The Kier molecular flexibility index (Phi) is 6.29. The molecule has 32 heavy (non-hydrogen) atoms. The minimum Gasteiger partial charge on any atom is -0.495 e. The first-order chi connectivity index (χ1) is 15.4. The van der Waals surface area contributed by atoms with E-state index < -0.39 is 15.9 Å². The van der Waals surface area contributed by atoms with E-state index in [2.05, 4.69) is 15.0 Å². The minimum atomic E-state index is -3.84. The Hall–Kier alpha value is -3.17. The Morgan fingerprint density at radius 1 is 1.03 bits per heavy atom. The molecule has 2 N–H and O–H groups in total. The van der Waals surface area contributed by atoms with E-state index in [0.29, 0.717) is 22.3 Å². The molecular weight excluding hydrogens is 430 g/mol. The van der Waals surface area contributed by atoms with Gasteiger partial charge in [0.25, 0.3) is 5.91 Å². The van der Waals surface area contributed by atoms with Gasteiger partial charge in [-0.25, -0.2) is 13.1 Å². The summed E-state index contributed by atoms with van der Waals surface area (Å²) in [6.45, 7) is 0. The molecule has 0 radical (unpaired) electrons. The van der Waals surface area contributed by atoms with E-state index in [-0.39, 0.29) is 22.3 Å². The fourth-order valence-electron chi connectivity index (χ4n) is 3.97. The topological polar surface area (TPSA) is 107 Å². The number of carbonyl (C=O) groups is 1. The second-order valence-corrected chi connectivity index (χ2v) is 9.32. The number of nitrogens with zero attached hydrogens (tertiary/aromatic N) is 1. The molecule has 2 aromatic carbocycles. The molecule has 8 nitrogen and oxygen atoms in total. The molecule has 1 fully saturated rings. The summed E-state index contributed by atoms with van der Waals surface area (Å²) in [7, 11) is -0.881. The van der Waals surface area contributed by atoms with Gasteiger partial charge >= 0.3 is 0 Å². The first-order valence-electron chi connectivity index (χ1n) is 10.4. The number of benzene rings is 2. The van der Waals surface area contributed by atoms with Crippen molar-refractivity contribution in [1.82, 2.24) is 9.71 Å². The number of methoxy groups -OCH3 is 2. The number of ether oxygens (including phenoxy) is 2. The van der Waals surface area contributed by atoms with E-state index in [0.717, 1.165) is 25.7 Å². The Balaban J connectivity index is 1.65. The highest BCUT2D eigenvalue weighted by Gasteiger charge is 2.26. The standard InChI is InChI=1S/C23H25N3O5S/c1-30-19-11-9-15(14-21(19)32(28,29)26-16-6-3-4-7-16)23(27)25-18-10-12-20(31-2)22-17(18)8-5-13-24-22/h5,8-14,16,26H,3-4,6-7H2,1-2H3,(H,25,27). The first-order valence-corrected chi connectivity index (χ1v) is 11.8. The van der Waals surface area contributed by atoms with Crippen molar-refractivity contribution in [3.8, 4) is 11.5 Å². The Bertz CT molecular complexity index is 1250. The van der Waals surface area contributed by atoms with Gasteiger partial charge in [-0.2, -0.15) is 0 Å². The number of sulfonamides is 1. The molecule has 0 saturated heterocycles. The predicted octanol–water partition coefficient (Wildman–Crippen LogP) is 3.73. The molecule has 1 aromatic heterocycles. The third-order valence-electron chi connectivity index (χ3n) is 5.59. The number of nitrogens with one attached hydrogen (secondary N) is 2. The van der Waals surface area contributed by atoms with Gasteiger partial charge in [-0.05, 0) is 55.3 Å². The molecule has 1 heterocycles. The monoisotopic (exact) mass is 455 g/mol. The Morgan fingerprint density at radius 2 is 1.75 bits per heavy atom. The molecule has 0 aliphatic heterocycles.